The van der Waals surface area contributed by atoms with Gasteiger partial charge in [0.1, 0.15) is 5.69 Å². The number of aromatic nitrogens is 2. The van der Waals surface area contributed by atoms with E-state index in [1.807, 2.05) is 17.8 Å². The van der Waals surface area contributed by atoms with Gasteiger partial charge in [0.05, 0.1) is 9.77 Å². The highest BCUT2D eigenvalue weighted by Gasteiger charge is 2.42. The van der Waals surface area contributed by atoms with Crippen LogP contribution in [0.15, 0.2) is 52.7 Å². The van der Waals surface area contributed by atoms with Gasteiger partial charge in [0.25, 0.3) is 0 Å². The summed E-state index contributed by atoms with van der Waals surface area (Å²) in [5, 5.41) is 9.47. The summed E-state index contributed by atoms with van der Waals surface area (Å²) >= 11 is 1.70. The van der Waals surface area contributed by atoms with Crippen molar-refractivity contribution < 1.29 is 13.2 Å². The highest BCUT2D eigenvalue weighted by molar-refractivity contribution is 7.89. The lowest BCUT2D eigenvalue weighted by Crippen LogP contribution is -2.56. The number of carbonyl (C=O) groups excluding carboxylic acids is 1. The van der Waals surface area contributed by atoms with E-state index in [1.54, 1.807) is 23.5 Å². The summed E-state index contributed by atoms with van der Waals surface area (Å²) in [5.74, 6) is 0.736. The Morgan fingerprint density at radius 3 is 2.68 bits per heavy atom. The molecular formula is C24H29N5O3S2. The van der Waals surface area contributed by atoms with Crippen LogP contribution in [0.4, 0.5) is 5.69 Å². The Kier molecular flexibility index (Phi) is 6.32. The molecule has 3 aliphatic rings. The summed E-state index contributed by atoms with van der Waals surface area (Å²) in [6.45, 7) is 3.73. The Balaban J connectivity index is 1.23. The minimum atomic E-state index is -3.62. The standard InChI is InChI=1S/C24H29N5O3S2/c1-16(30)26-18-5-7-20(8-6-18)34(31,32)25-14-19-12-17-9-10-29(19)15-21(17)23-13-22(27-28(23)2)24-4-3-11-33-24/h3-8,11,13,17,19,21,25H,9-10,12,14-15H2,1-2H3,(H,26,30). The van der Waals surface area contributed by atoms with Crippen molar-refractivity contribution in [3.05, 3.63) is 53.5 Å². The van der Waals surface area contributed by atoms with Crippen LogP contribution in [0.3, 0.4) is 0 Å². The van der Waals surface area contributed by atoms with E-state index in [0.717, 1.165) is 31.6 Å². The quantitative estimate of drug-likeness (QED) is 0.520. The number of amides is 1. The van der Waals surface area contributed by atoms with Gasteiger partial charge in [0, 0.05) is 50.4 Å². The molecule has 2 bridgehead atoms. The van der Waals surface area contributed by atoms with E-state index < -0.39 is 10.0 Å². The Morgan fingerprint density at radius 1 is 1.24 bits per heavy atom. The average Bonchev–Trinajstić information content (AvgIpc) is 3.48. The average molecular weight is 500 g/mol. The highest BCUT2D eigenvalue weighted by atomic mass is 32.2. The van der Waals surface area contributed by atoms with Gasteiger partial charge in [-0.1, -0.05) is 6.07 Å². The second-order valence-electron chi connectivity index (χ2n) is 9.15. The number of thiophene rings is 1. The molecule has 0 saturated carbocycles. The molecule has 3 fully saturated rings. The first-order valence-corrected chi connectivity index (χ1v) is 13.9. The number of benzene rings is 1. The zero-order chi connectivity index (χ0) is 23.9. The molecular weight excluding hydrogens is 470 g/mol. The number of fused-ring (bicyclic) bond motifs is 3. The van der Waals surface area contributed by atoms with Gasteiger partial charge in [0.15, 0.2) is 0 Å². The molecule has 2 aromatic heterocycles. The fourth-order valence-corrected chi connectivity index (χ4v) is 7.02. The van der Waals surface area contributed by atoms with E-state index in [0.29, 0.717) is 24.1 Å². The van der Waals surface area contributed by atoms with Gasteiger partial charge >= 0.3 is 0 Å². The number of anilines is 1. The van der Waals surface area contributed by atoms with Crippen molar-refractivity contribution in [3.8, 4) is 10.6 Å². The molecule has 0 aliphatic carbocycles. The Hall–Kier alpha value is -2.53. The SMILES string of the molecule is CC(=O)Nc1ccc(S(=O)(=O)NCC2CC3CCN2CC3c2cc(-c3cccs3)nn2C)cc1. The second kappa shape index (κ2) is 9.26. The zero-order valence-electron chi connectivity index (χ0n) is 19.3. The lowest BCUT2D eigenvalue weighted by molar-refractivity contribution is -0.114. The Bertz CT molecular complexity index is 1270. The van der Waals surface area contributed by atoms with Crippen LogP contribution >= 0.6 is 11.3 Å². The number of carbonyl (C=O) groups is 1. The number of hydrogen-bond donors (Lipinski definition) is 2. The summed E-state index contributed by atoms with van der Waals surface area (Å²) < 4.78 is 30.5. The van der Waals surface area contributed by atoms with Gasteiger partial charge in [-0.2, -0.15) is 5.10 Å². The lowest BCUT2D eigenvalue weighted by Gasteiger charge is -2.49. The molecule has 5 heterocycles. The van der Waals surface area contributed by atoms with Gasteiger partial charge in [-0.05, 0) is 67.1 Å². The van der Waals surface area contributed by atoms with Crippen molar-refractivity contribution in [2.24, 2.45) is 13.0 Å². The van der Waals surface area contributed by atoms with Gasteiger partial charge in [-0.15, -0.1) is 11.3 Å². The third kappa shape index (κ3) is 4.68. The molecule has 180 valence electrons. The van der Waals surface area contributed by atoms with E-state index in [-0.39, 0.29) is 16.8 Å². The van der Waals surface area contributed by atoms with Crippen LogP contribution in [-0.4, -0.2) is 54.7 Å². The minimum absolute atomic E-state index is 0.188. The zero-order valence-corrected chi connectivity index (χ0v) is 20.9. The summed E-state index contributed by atoms with van der Waals surface area (Å²) in [4.78, 5) is 15.0. The van der Waals surface area contributed by atoms with Crippen LogP contribution < -0.4 is 10.0 Å². The third-order valence-corrected chi connectivity index (χ3v) is 9.27. The van der Waals surface area contributed by atoms with E-state index in [9.17, 15) is 13.2 Å². The monoisotopic (exact) mass is 499 g/mol. The van der Waals surface area contributed by atoms with Crippen molar-refractivity contribution in [2.75, 3.05) is 25.0 Å². The van der Waals surface area contributed by atoms with Crippen molar-refractivity contribution in [1.29, 1.82) is 0 Å². The van der Waals surface area contributed by atoms with Crippen LogP contribution in [0.25, 0.3) is 10.6 Å². The molecule has 10 heteroatoms. The fraction of sp³-hybridized carbons (Fsp3) is 0.417. The summed E-state index contributed by atoms with van der Waals surface area (Å²) in [5.41, 5.74) is 2.86. The van der Waals surface area contributed by atoms with Crippen LogP contribution in [0.1, 0.15) is 31.4 Å². The molecule has 2 N–H and O–H groups in total. The van der Waals surface area contributed by atoms with Crippen molar-refractivity contribution in [3.63, 3.8) is 0 Å². The van der Waals surface area contributed by atoms with Gasteiger partial charge in [-0.25, -0.2) is 13.1 Å². The normalized spacial score (nSPS) is 24.3. The number of sulfonamides is 1. The first-order valence-electron chi connectivity index (χ1n) is 11.5. The first kappa shape index (κ1) is 23.2. The number of piperidine rings is 3. The van der Waals surface area contributed by atoms with E-state index in [1.165, 1.54) is 29.6 Å². The number of aryl methyl sites for hydroxylation is 1. The summed E-state index contributed by atoms with van der Waals surface area (Å²) in [6, 6.07) is 12.8. The molecule has 0 radical (unpaired) electrons. The molecule has 34 heavy (non-hydrogen) atoms. The molecule has 4 unspecified atom stereocenters. The van der Waals surface area contributed by atoms with E-state index >= 15 is 0 Å². The van der Waals surface area contributed by atoms with E-state index in [2.05, 4.69) is 32.5 Å². The van der Waals surface area contributed by atoms with Crippen LogP contribution in [0.5, 0.6) is 0 Å². The molecule has 3 saturated heterocycles. The largest absolute Gasteiger partial charge is 0.326 e. The van der Waals surface area contributed by atoms with Crippen LogP contribution in [0.2, 0.25) is 0 Å². The van der Waals surface area contributed by atoms with Crippen LogP contribution in [0, 0.1) is 5.92 Å². The third-order valence-electron chi connectivity index (χ3n) is 6.94. The maximum atomic E-state index is 12.8. The molecule has 1 aromatic carbocycles. The summed E-state index contributed by atoms with van der Waals surface area (Å²) in [6.07, 6.45) is 2.09. The Morgan fingerprint density at radius 2 is 2.03 bits per heavy atom. The highest BCUT2D eigenvalue weighted by Crippen LogP contribution is 2.42. The molecule has 6 rings (SSSR count). The number of nitrogens with zero attached hydrogens (tertiary/aromatic N) is 3. The smallest absolute Gasteiger partial charge is 0.240 e. The number of hydrogen-bond acceptors (Lipinski definition) is 6. The molecule has 3 aromatic rings. The van der Waals surface area contributed by atoms with Crippen molar-refractivity contribution >= 4 is 33.0 Å². The topological polar surface area (TPSA) is 96.3 Å². The molecule has 3 aliphatic heterocycles. The second-order valence-corrected chi connectivity index (χ2v) is 11.9. The Labute approximate surface area is 204 Å². The molecule has 8 nitrogen and oxygen atoms in total. The maximum Gasteiger partial charge on any atom is 0.240 e. The number of rotatable bonds is 7. The predicted octanol–water partition coefficient (Wildman–Crippen LogP) is 3.26. The van der Waals surface area contributed by atoms with Crippen molar-refractivity contribution in [1.82, 2.24) is 19.4 Å². The van der Waals surface area contributed by atoms with E-state index in [4.69, 9.17) is 5.10 Å². The molecule has 4 atom stereocenters. The first-order chi connectivity index (χ1) is 16.3. The summed E-state index contributed by atoms with van der Waals surface area (Å²) in [7, 11) is -1.60. The minimum Gasteiger partial charge on any atom is -0.326 e. The fourth-order valence-electron chi connectivity index (χ4n) is 5.27. The number of nitrogens with one attached hydrogen (secondary N) is 2. The predicted molar refractivity (Wildman–Crippen MR) is 133 cm³/mol. The molecule has 1 amide bonds. The van der Waals surface area contributed by atoms with Crippen molar-refractivity contribution in [2.45, 2.75) is 36.6 Å². The maximum absolute atomic E-state index is 12.8. The van der Waals surface area contributed by atoms with Gasteiger partial charge in [0.2, 0.25) is 15.9 Å². The van der Waals surface area contributed by atoms with Crippen LogP contribution in [-0.2, 0) is 21.9 Å². The lowest BCUT2D eigenvalue weighted by atomic mass is 9.74. The van der Waals surface area contributed by atoms with Gasteiger partial charge in [-0.3, -0.25) is 14.4 Å². The van der Waals surface area contributed by atoms with Gasteiger partial charge < -0.3 is 5.32 Å². The molecule has 0 spiro atoms.